The van der Waals surface area contributed by atoms with Crippen molar-refractivity contribution in [2.24, 2.45) is 0 Å². The fourth-order valence-corrected chi connectivity index (χ4v) is 1.31. The number of carboxylic acids is 1. The summed E-state index contributed by atoms with van der Waals surface area (Å²) in [6.07, 6.45) is 4.68. The number of aromatic nitrogens is 3. The Bertz CT molecular complexity index is 465. The highest BCUT2D eigenvalue weighted by molar-refractivity contribution is 5.69. The quantitative estimate of drug-likeness (QED) is 0.804. The van der Waals surface area contributed by atoms with E-state index in [2.05, 4.69) is 9.97 Å². The molecule has 5 heteroatoms. The number of pyridine rings is 1. The molecule has 0 amide bonds. The second-order valence-corrected chi connectivity index (χ2v) is 3.01. The summed E-state index contributed by atoms with van der Waals surface area (Å²) < 4.78 is 1.66. The summed E-state index contributed by atoms with van der Waals surface area (Å²) in [6, 6.07) is 5.44. The van der Waals surface area contributed by atoms with Crippen molar-refractivity contribution in [3.8, 4) is 5.82 Å². The first-order chi connectivity index (χ1) is 7.27. The van der Waals surface area contributed by atoms with Crippen molar-refractivity contribution < 1.29 is 9.90 Å². The smallest absolute Gasteiger partial charge is 0.309 e. The highest BCUT2D eigenvalue weighted by Gasteiger charge is 2.08. The molecule has 2 rings (SSSR count). The average molecular weight is 203 g/mol. The Morgan fingerprint density at radius 3 is 3.00 bits per heavy atom. The van der Waals surface area contributed by atoms with E-state index in [0.717, 1.165) is 0 Å². The molecule has 0 saturated carbocycles. The van der Waals surface area contributed by atoms with Gasteiger partial charge in [0.2, 0.25) is 0 Å². The highest BCUT2D eigenvalue weighted by atomic mass is 16.4. The van der Waals surface area contributed by atoms with Crippen LogP contribution >= 0.6 is 0 Å². The normalized spacial score (nSPS) is 10.1. The molecular weight excluding hydrogens is 194 g/mol. The van der Waals surface area contributed by atoms with E-state index in [9.17, 15) is 4.79 Å². The minimum Gasteiger partial charge on any atom is -0.481 e. The molecule has 2 aromatic heterocycles. The average Bonchev–Trinajstić information content (AvgIpc) is 2.66. The molecule has 0 fully saturated rings. The van der Waals surface area contributed by atoms with E-state index in [1.807, 2.05) is 6.07 Å². The Balaban J connectivity index is 2.37. The first-order valence-corrected chi connectivity index (χ1v) is 4.42. The summed E-state index contributed by atoms with van der Waals surface area (Å²) in [4.78, 5) is 18.6. The predicted molar refractivity (Wildman–Crippen MR) is 52.7 cm³/mol. The molecular formula is C10H9N3O2. The van der Waals surface area contributed by atoms with Gasteiger partial charge in [-0.15, -0.1) is 0 Å². The summed E-state index contributed by atoms with van der Waals surface area (Å²) in [7, 11) is 0. The van der Waals surface area contributed by atoms with Gasteiger partial charge in [0.1, 0.15) is 12.1 Å². The third-order valence-corrected chi connectivity index (χ3v) is 1.94. The van der Waals surface area contributed by atoms with Crippen molar-refractivity contribution in [2.75, 3.05) is 0 Å². The standard InChI is InChI=1S/C10H9N3O2/c14-10(15)5-8-6-11-7-13(8)9-3-1-2-4-12-9/h1-4,6-7H,5H2,(H,14,15). The lowest BCUT2D eigenvalue weighted by Gasteiger charge is -2.04. The topological polar surface area (TPSA) is 68.0 Å². The van der Waals surface area contributed by atoms with Crippen molar-refractivity contribution in [2.45, 2.75) is 6.42 Å². The summed E-state index contributed by atoms with van der Waals surface area (Å²) in [6.45, 7) is 0. The third-order valence-electron chi connectivity index (χ3n) is 1.94. The zero-order valence-corrected chi connectivity index (χ0v) is 7.87. The second kappa shape index (κ2) is 3.91. The van der Waals surface area contributed by atoms with E-state index in [4.69, 9.17) is 5.11 Å². The molecule has 0 atom stereocenters. The lowest BCUT2D eigenvalue weighted by Crippen LogP contribution is -2.06. The molecule has 0 radical (unpaired) electrons. The number of nitrogens with zero attached hydrogens (tertiary/aromatic N) is 3. The van der Waals surface area contributed by atoms with Gasteiger partial charge in [-0.2, -0.15) is 0 Å². The van der Waals surface area contributed by atoms with Crippen LogP contribution in [0, 0.1) is 0 Å². The highest BCUT2D eigenvalue weighted by Crippen LogP contribution is 2.08. The second-order valence-electron chi connectivity index (χ2n) is 3.01. The Labute approximate surface area is 86.0 Å². The van der Waals surface area contributed by atoms with Gasteiger partial charge in [-0.25, -0.2) is 9.97 Å². The molecule has 15 heavy (non-hydrogen) atoms. The van der Waals surface area contributed by atoms with Crippen LogP contribution in [0.2, 0.25) is 0 Å². The monoisotopic (exact) mass is 203 g/mol. The van der Waals surface area contributed by atoms with Crippen LogP contribution in [-0.4, -0.2) is 25.6 Å². The molecule has 2 aromatic rings. The van der Waals surface area contributed by atoms with Gasteiger partial charge in [0.05, 0.1) is 12.1 Å². The summed E-state index contributed by atoms with van der Waals surface area (Å²) in [5.74, 6) is -0.209. The van der Waals surface area contributed by atoms with Gasteiger partial charge < -0.3 is 5.11 Å². The van der Waals surface area contributed by atoms with Crippen LogP contribution in [0.5, 0.6) is 0 Å². The fourth-order valence-electron chi connectivity index (χ4n) is 1.31. The molecule has 0 aliphatic heterocycles. The molecule has 0 aliphatic rings. The fraction of sp³-hybridized carbons (Fsp3) is 0.100. The molecule has 0 aliphatic carbocycles. The predicted octanol–water partition coefficient (Wildman–Crippen LogP) is 0.894. The molecule has 0 unspecified atom stereocenters. The van der Waals surface area contributed by atoms with Gasteiger partial charge in [0.25, 0.3) is 0 Å². The first-order valence-electron chi connectivity index (χ1n) is 4.42. The van der Waals surface area contributed by atoms with Gasteiger partial charge >= 0.3 is 5.97 Å². The van der Waals surface area contributed by atoms with Gasteiger partial charge in [0.15, 0.2) is 0 Å². The minimum absolute atomic E-state index is 0.0590. The molecule has 1 N–H and O–H groups in total. The van der Waals surface area contributed by atoms with Crippen molar-refractivity contribution >= 4 is 5.97 Å². The molecule has 0 spiro atoms. The van der Waals surface area contributed by atoms with Crippen LogP contribution in [-0.2, 0) is 11.2 Å². The van der Waals surface area contributed by atoms with Crippen LogP contribution in [0.25, 0.3) is 5.82 Å². The number of aliphatic carboxylic acids is 1. The zero-order valence-electron chi connectivity index (χ0n) is 7.87. The van der Waals surface area contributed by atoms with E-state index in [0.29, 0.717) is 11.5 Å². The van der Waals surface area contributed by atoms with Crippen LogP contribution in [0.3, 0.4) is 0 Å². The SMILES string of the molecule is O=C(O)Cc1cncn1-c1ccccn1. The maximum atomic E-state index is 10.6. The number of rotatable bonds is 3. The Morgan fingerprint density at radius 2 is 2.33 bits per heavy atom. The summed E-state index contributed by atoms with van der Waals surface area (Å²) in [5.41, 5.74) is 0.612. The number of carboxylic acid groups (broad SMARTS) is 1. The van der Waals surface area contributed by atoms with Crippen LogP contribution in [0.1, 0.15) is 5.69 Å². The molecule has 0 bridgehead atoms. The molecule has 5 nitrogen and oxygen atoms in total. The Kier molecular flexibility index (Phi) is 2.45. The van der Waals surface area contributed by atoms with Crippen molar-refractivity contribution in [3.63, 3.8) is 0 Å². The van der Waals surface area contributed by atoms with Gasteiger partial charge in [-0.1, -0.05) is 6.07 Å². The molecule has 76 valence electrons. The van der Waals surface area contributed by atoms with Crippen molar-refractivity contribution in [3.05, 3.63) is 42.6 Å². The van der Waals surface area contributed by atoms with Gasteiger partial charge in [-0.05, 0) is 12.1 Å². The zero-order chi connectivity index (χ0) is 10.7. The Morgan fingerprint density at radius 1 is 1.47 bits per heavy atom. The summed E-state index contributed by atoms with van der Waals surface area (Å²) in [5, 5.41) is 8.70. The Hall–Kier alpha value is -2.17. The number of imidazole rings is 1. The molecule has 2 heterocycles. The van der Waals surface area contributed by atoms with E-state index in [-0.39, 0.29) is 6.42 Å². The van der Waals surface area contributed by atoms with E-state index >= 15 is 0 Å². The molecule has 0 saturated heterocycles. The van der Waals surface area contributed by atoms with E-state index in [1.165, 1.54) is 6.20 Å². The number of hydrogen-bond acceptors (Lipinski definition) is 3. The van der Waals surface area contributed by atoms with E-state index < -0.39 is 5.97 Å². The number of carbonyl (C=O) groups is 1. The molecule has 0 aromatic carbocycles. The lowest BCUT2D eigenvalue weighted by atomic mass is 10.3. The van der Waals surface area contributed by atoms with E-state index in [1.54, 1.807) is 29.2 Å². The van der Waals surface area contributed by atoms with Gasteiger partial charge in [-0.3, -0.25) is 9.36 Å². The van der Waals surface area contributed by atoms with Crippen LogP contribution in [0.15, 0.2) is 36.9 Å². The van der Waals surface area contributed by atoms with Crippen LogP contribution in [0.4, 0.5) is 0 Å². The van der Waals surface area contributed by atoms with Crippen molar-refractivity contribution in [1.82, 2.24) is 14.5 Å². The number of hydrogen-bond donors (Lipinski definition) is 1. The van der Waals surface area contributed by atoms with Crippen LogP contribution < -0.4 is 0 Å². The lowest BCUT2D eigenvalue weighted by molar-refractivity contribution is -0.136. The maximum absolute atomic E-state index is 10.6. The minimum atomic E-state index is -0.882. The van der Waals surface area contributed by atoms with Crippen molar-refractivity contribution in [1.29, 1.82) is 0 Å². The largest absolute Gasteiger partial charge is 0.481 e. The third kappa shape index (κ3) is 2.01. The summed E-state index contributed by atoms with van der Waals surface area (Å²) >= 11 is 0. The first kappa shape index (κ1) is 9.39. The maximum Gasteiger partial charge on any atom is 0.309 e. The van der Waals surface area contributed by atoms with Gasteiger partial charge in [0, 0.05) is 12.4 Å².